The quantitative estimate of drug-likeness (QED) is 0.561. The summed E-state index contributed by atoms with van der Waals surface area (Å²) in [6.45, 7) is 0. The molecule has 0 bridgehead atoms. The largest absolute Gasteiger partial charge is 0.495 e. The van der Waals surface area contributed by atoms with E-state index in [4.69, 9.17) is 16.3 Å². The van der Waals surface area contributed by atoms with Crippen LogP contribution in [0.3, 0.4) is 0 Å². The Kier molecular flexibility index (Phi) is 3.95. The molecule has 0 aliphatic rings. The van der Waals surface area contributed by atoms with Gasteiger partial charge in [0.1, 0.15) is 24.2 Å². The van der Waals surface area contributed by atoms with Crippen molar-refractivity contribution in [2.75, 3.05) is 7.11 Å². The number of ether oxygens (including phenoxy) is 1. The van der Waals surface area contributed by atoms with Crippen molar-refractivity contribution in [2.24, 2.45) is 0 Å². The topological polar surface area (TPSA) is 57.8 Å². The monoisotopic (exact) mass is 351 g/mol. The van der Waals surface area contributed by atoms with E-state index < -0.39 is 0 Å². The predicted octanol–water partition coefficient (Wildman–Crippen LogP) is 3.78. The summed E-state index contributed by atoms with van der Waals surface area (Å²) in [5.74, 6) is 1.51. The van der Waals surface area contributed by atoms with Crippen LogP contribution in [-0.4, -0.2) is 31.4 Å². The van der Waals surface area contributed by atoms with E-state index in [0.717, 1.165) is 28.5 Å². The molecule has 2 heterocycles. The van der Waals surface area contributed by atoms with Gasteiger partial charge in [-0.3, -0.25) is 9.13 Å². The fourth-order valence-corrected chi connectivity index (χ4v) is 2.89. The molecule has 124 valence electrons. The first-order valence-electron chi connectivity index (χ1n) is 7.59. The van der Waals surface area contributed by atoms with E-state index in [9.17, 15) is 0 Å². The Morgan fingerprint density at radius 3 is 2.64 bits per heavy atom. The van der Waals surface area contributed by atoms with Crippen LogP contribution in [0.15, 0.2) is 67.5 Å². The Balaban J connectivity index is 1.88. The summed E-state index contributed by atoms with van der Waals surface area (Å²) < 4.78 is 9.34. The number of rotatable bonds is 4. The van der Waals surface area contributed by atoms with E-state index in [-0.39, 0.29) is 0 Å². The molecule has 4 aromatic rings. The van der Waals surface area contributed by atoms with Gasteiger partial charge in [0.2, 0.25) is 0 Å². The standard InChI is InChI=1S/C18H14ClN5O/c1-25-17-6-5-15(23-11-21-22-12-23)10-16(17)24-8-7-20-18(24)13-3-2-4-14(19)9-13/h2-12H,1H3. The normalized spacial score (nSPS) is 10.8. The zero-order chi connectivity index (χ0) is 17.2. The van der Waals surface area contributed by atoms with Gasteiger partial charge < -0.3 is 4.74 Å². The Bertz CT molecular complexity index is 1010. The zero-order valence-electron chi connectivity index (χ0n) is 13.4. The molecule has 2 aromatic heterocycles. The van der Waals surface area contributed by atoms with Crippen LogP contribution in [-0.2, 0) is 0 Å². The molecule has 0 N–H and O–H groups in total. The molecule has 0 fully saturated rings. The highest BCUT2D eigenvalue weighted by Crippen LogP contribution is 2.30. The Labute approximate surface area is 149 Å². The first kappa shape index (κ1) is 15.4. The Morgan fingerprint density at radius 2 is 1.88 bits per heavy atom. The fourth-order valence-electron chi connectivity index (χ4n) is 2.70. The van der Waals surface area contributed by atoms with Crippen molar-refractivity contribution < 1.29 is 4.74 Å². The van der Waals surface area contributed by atoms with Gasteiger partial charge in [-0.2, -0.15) is 0 Å². The van der Waals surface area contributed by atoms with Crippen molar-refractivity contribution in [3.8, 4) is 28.5 Å². The van der Waals surface area contributed by atoms with E-state index in [1.165, 1.54) is 0 Å². The van der Waals surface area contributed by atoms with Crippen LogP contribution in [0, 0.1) is 0 Å². The second kappa shape index (κ2) is 6.41. The van der Waals surface area contributed by atoms with E-state index >= 15 is 0 Å². The summed E-state index contributed by atoms with van der Waals surface area (Å²) >= 11 is 6.13. The van der Waals surface area contributed by atoms with Crippen LogP contribution in [0.2, 0.25) is 5.02 Å². The van der Waals surface area contributed by atoms with Gasteiger partial charge in [-0.25, -0.2) is 4.98 Å². The summed E-state index contributed by atoms with van der Waals surface area (Å²) in [6, 6.07) is 13.5. The SMILES string of the molecule is COc1ccc(-n2cnnc2)cc1-n1ccnc1-c1cccc(Cl)c1. The lowest BCUT2D eigenvalue weighted by atomic mass is 10.2. The first-order valence-corrected chi connectivity index (χ1v) is 7.97. The average Bonchev–Trinajstić information content (AvgIpc) is 3.33. The van der Waals surface area contributed by atoms with Gasteiger partial charge in [0, 0.05) is 23.0 Å². The third-order valence-electron chi connectivity index (χ3n) is 3.86. The molecule has 25 heavy (non-hydrogen) atoms. The van der Waals surface area contributed by atoms with Crippen molar-refractivity contribution in [2.45, 2.75) is 0 Å². The van der Waals surface area contributed by atoms with Crippen molar-refractivity contribution >= 4 is 11.6 Å². The number of aromatic nitrogens is 5. The van der Waals surface area contributed by atoms with Gasteiger partial charge in [0.15, 0.2) is 0 Å². The summed E-state index contributed by atoms with van der Waals surface area (Å²) in [4.78, 5) is 4.49. The van der Waals surface area contributed by atoms with E-state index in [1.807, 2.05) is 57.8 Å². The molecular weight excluding hydrogens is 338 g/mol. The van der Waals surface area contributed by atoms with Gasteiger partial charge in [-0.05, 0) is 30.3 Å². The van der Waals surface area contributed by atoms with Crippen LogP contribution in [0.4, 0.5) is 0 Å². The maximum absolute atomic E-state index is 6.13. The van der Waals surface area contributed by atoms with Crippen LogP contribution in [0.1, 0.15) is 0 Å². The molecule has 0 amide bonds. The maximum atomic E-state index is 6.13. The lowest BCUT2D eigenvalue weighted by Crippen LogP contribution is -2.01. The molecule has 0 unspecified atom stereocenters. The molecule has 0 aliphatic carbocycles. The van der Waals surface area contributed by atoms with Crippen molar-refractivity contribution in [3.63, 3.8) is 0 Å². The van der Waals surface area contributed by atoms with Gasteiger partial charge in [0.05, 0.1) is 18.5 Å². The number of nitrogens with zero attached hydrogens (tertiary/aromatic N) is 5. The van der Waals surface area contributed by atoms with Crippen LogP contribution >= 0.6 is 11.6 Å². The molecule has 6 nitrogen and oxygen atoms in total. The third-order valence-corrected chi connectivity index (χ3v) is 4.10. The molecule has 0 spiro atoms. The van der Waals surface area contributed by atoms with E-state index in [1.54, 1.807) is 26.0 Å². The van der Waals surface area contributed by atoms with Crippen molar-refractivity contribution in [1.82, 2.24) is 24.3 Å². The lowest BCUT2D eigenvalue weighted by Gasteiger charge is -2.14. The number of hydrogen-bond donors (Lipinski definition) is 0. The fraction of sp³-hybridized carbons (Fsp3) is 0.0556. The minimum Gasteiger partial charge on any atom is -0.495 e. The van der Waals surface area contributed by atoms with Crippen LogP contribution < -0.4 is 4.74 Å². The molecule has 0 aliphatic heterocycles. The van der Waals surface area contributed by atoms with Gasteiger partial charge >= 0.3 is 0 Å². The summed E-state index contributed by atoms with van der Waals surface area (Å²) in [6.07, 6.45) is 6.94. The number of benzene rings is 2. The number of hydrogen-bond acceptors (Lipinski definition) is 4. The van der Waals surface area contributed by atoms with Gasteiger partial charge in [0.25, 0.3) is 0 Å². The maximum Gasteiger partial charge on any atom is 0.144 e. The number of methoxy groups -OCH3 is 1. The molecule has 4 rings (SSSR count). The van der Waals surface area contributed by atoms with Crippen LogP contribution in [0.5, 0.6) is 5.75 Å². The molecule has 0 atom stereocenters. The second-order valence-electron chi connectivity index (χ2n) is 5.36. The smallest absolute Gasteiger partial charge is 0.144 e. The van der Waals surface area contributed by atoms with Crippen molar-refractivity contribution in [3.05, 3.63) is 72.5 Å². The molecule has 0 saturated carbocycles. The summed E-state index contributed by atoms with van der Waals surface area (Å²) in [7, 11) is 1.65. The minimum absolute atomic E-state index is 0.664. The first-order chi connectivity index (χ1) is 12.3. The van der Waals surface area contributed by atoms with Gasteiger partial charge in [-0.15, -0.1) is 10.2 Å². The van der Waals surface area contributed by atoms with Crippen molar-refractivity contribution in [1.29, 1.82) is 0 Å². The number of halogens is 1. The number of imidazole rings is 1. The molecule has 0 saturated heterocycles. The lowest BCUT2D eigenvalue weighted by molar-refractivity contribution is 0.413. The minimum atomic E-state index is 0.664. The second-order valence-corrected chi connectivity index (χ2v) is 5.79. The Hall–Kier alpha value is -3.12. The molecular formula is C18H14ClN5O. The summed E-state index contributed by atoms with van der Waals surface area (Å²) in [5, 5.41) is 8.38. The zero-order valence-corrected chi connectivity index (χ0v) is 14.1. The highest BCUT2D eigenvalue weighted by molar-refractivity contribution is 6.30. The Morgan fingerprint density at radius 1 is 1.04 bits per heavy atom. The van der Waals surface area contributed by atoms with Crippen LogP contribution in [0.25, 0.3) is 22.8 Å². The molecule has 2 aromatic carbocycles. The third kappa shape index (κ3) is 2.88. The average molecular weight is 352 g/mol. The van der Waals surface area contributed by atoms with E-state index in [2.05, 4.69) is 15.2 Å². The molecule has 0 radical (unpaired) electrons. The predicted molar refractivity (Wildman–Crippen MR) is 95.5 cm³/mol. The molecule has 7 heteroatoms. The summed E-state index contributed by atoms with van der Waals surface area (Å²) in [5.41, 5.74) is 2.71. The van der Waals surface area contributed by atoms with Gasteiger partial charge in [-0.1, -0.05) is 23.7 Å². The highest BCUT2D eigenvalue weighted by atomic mass is 35.5. The highest BCUT2D eigenvalue weighted by Gasteiger charge is 2.13. The van der Waals surface area contributed by atoms with E-state index in [0.29, 0.717) is 5.02 Å².